The van der Waals surface area contributed by atoms with Crippen LogP contribution in [0.4, 0.5) is 0 Å². The van der Waals surface area contributed by atoms with Crippen molar-refractivity contribution in [1.29, 1.82) is 0 Å². The van der Waals surface area contributed by atoms with Crippen molar-refractivity contribution in [3.63, 3.8) is 0 Å². The Labute approximate surface area is 97.5 Å². The zero-order chi connectivity index (χ0) is 12.0. The number of rotatable bonds is 6. The second kappa shape index (κ2) is 6.66. The number of carbonyl (C=O) groups is 2. The molecule has 0 aromatic rings. The van der Waals surface area contributed by atoms with Crippen LogP contribution in [0.3, 0.4) is 0 Å². The second-order valence-electron chi connectivity index (χ2n) is 4.53. The summed E-state index contributed by atoms with van der Waals surface area (Å²) < 4.78 is 5.14. The van der Waals surface area contributed by atoms with Crippen molar-refractivity contribution in [3.8, 4) is 0 Å². The van der Waals surface area contributed by atoms with Crippen LogP contribution >= 0.6 is 0 Å². The molecule has 0 saturated heterocycles. The molecule has 0 aromatic heterocycles. The van der Waals surface area contributed by atoms with Crippen molar-refractivity contribution in [1.82, 2.24) is 0 Å². The van der Waals surface area contributed by atoms with E-state index in [1.54, 1.807) is 0 Å². The highest BCUT2D eigenvalue weighted by Gasteiger charge is 2.39. The molecule has 0 aromatic carbocycles. The molecule has 2 unspecified atom stereocenters. The number of hydrogen-bond acceptors (Lipinski definition) is 3. The third-order valence-electron chi connectivity index (χ3n) is 3.22. The number of ether oxygens (including phenoxy) is 1. The van der Waals surface area contributed by atoms with Gasteiger partial charge in [-0.15, -0.1) is 0 Å². The Balaban J connectivity index is 2.50. The van der Waals surface area contributed by atoms with Crippen LogP contribution in [0.2, 0.25) is 0 Å². The van der Waals surface area contributed by atoms with Gasteiger partial charge in [-0.2, -0.15) is 0 Å². The fourth-order valence-electron chi connectivity index (χ4n) is 2.29. The number of hydrogen-bond donors (Lipinski definition) is 0. The number of esters is 1. The summed E-state index contributed by atoms with van der Waals surface area (Å²) in [5.74, 6) is -0.129. The van der Waals surface area contributed by atoms with E-state index >= 15 is 0 Å². The van der Waals surface area contributed by atoms with Crippen LogP contribution in [-0.4, -0.2) is 18.4 Å². The Morgan fingerprint density at radius 1 is 1.38 bits per heavy atom. The topological polar surface area (TPSA) is 43.4 Å². The molecule has 1 fully saturated rings. The molecule has 16 heavy (non-hydrogen) atoms. The molecule has 92 valence electrons. The summed E-state index contributed by atoms with van der Waals surface area (Å²) in [5.41, 5.74) is 0. The summed E-state index contributed by atoms with van der Waals surface area (Å²) in [4.78, 5) is 23.4. The van der Waals surface area contributed by atoms with E-state index in [0.29, 0.717) is 19.4 Å². The molecule has 3 heteroatoms. The summed E-state index contributed by atoms with van der Waals surface area (Å²) in [6.07, 6.45) is 5.03. The molecule has 0 aliphatic heterocycles. The lowest BCUT2D eigenvalue weighted by molar-refractivity contribution is -0.151. The summed E-state index contributed by atoms with van der Waals surface area (Å²) in [7, 11) is 0. The normalized spacial score (nSPS) is 24.8. The van der Waals surface area contributed by atoms with E-state index in [2.05, 4.69) is 6.92 Å². The molecule has 0 amide bonds. The largest absolute Gasteiger partial charge is 0.465 e. The van der Waals surface area contributed by atoms with Gasteiger partial charge in [-0.1, -0.05) is 26.7 Å². The smallest absolute Gasteiger partial charge is 0.309 e. The Bertz CT molecular complexity index is 248. The van der Waals surface area contributed by atoms with Crippen LogP contribution in [0.25, 0.3) is 0 Å². The molecule has 1 rings (SSSR count). The fraction of sp³-hybridized carbons (Fsp3) is 0.846. The van der Waals surface area contributed by atoms with Gasteiger partial charge in [0.2, 0.25) is 0 Å². The number of unbranched alkanes of at least 4 members (excludes halogenated alkanes) is 1. The van der Waals surface area contributed by atoms with Gasteiger partial charge < -0.3 is 4.74 Å². The van der Waals surface area contributed by atoms with E-state index in [9.17, 15) is 9.59 Å². The molecule has 0 bridgehead atoms. The average molecular weight is 226 g/mol. The summed E-state index contributed by atoms with van der Waals surface area (Å²) in [5, 5.41) is 0. The molecule has 2 atom stereocenters. The lowest BCUT2D eigenvalue weighted by Crippen LogP contribution is -2.24. The first-order valence-corrected chi connectivity index (χ1v) is 6.40. The molecule has 1 saturated carbocycles. The van der Waals surface area contributed by atoms with Gasteiger partial charge in [-0.3, -0.25) is 9.59 Å². The maximum absolute atomic E-state index is 11.7. The van der Waals surface area contributed by atoms with Crippen molar-refractivity contribution in [2.45, 2.75) is 52.4 Å². The molecule has 3 nitrogen and oxygen atoms in total. The van der Waals surface area contributed by atoms with E-state index in [4.69, 9.17) is 4.74 Å². The minimum atomic E-state index is -0.161. The van der Waals surface area contributed by atoms with Crippen molar-refractivity contribution >= 4 is 11.8 Å². The lowest BCUT2D eigenvalue weighted by Gasteiger charge is -2.16. The van der Waals surface area contributed by atoms with Crippen LogP contribution < -0.4 is 0 Å². The molecule has 0 radical (unpaired) electrons. The Morgan fingerprint density at radius 2 is 2.12 bits per heavy atom. The minimum absolute atomic E-state index is 0.0655. The lowest BCUT2D eigenvalue weighted by atomic mass is 9.90. The van der Waals surface area contributed by atoms with Crippen molar-refractivity contribution in [3.05, 3.63) is 0 Å². The van der Waals surface area contributed by atoms with Gasteiger partial charge in [0.1, 0.15) is 5.78 Å². The SMILES string of the molecule is CCCCC1C(=O)CCC1C(=O)OCCC. The van der Waals surface area contributed by atoms with Gasteiger partial charge in [0.15, 0.2) is 0 Å². The molecular formula is C13H22O3. The third-order valence-corrected chi connectivity index (χ3v) is 3.22. The van der Waals surface area contributed by atoms with Gasteiger partial charge in [0, 0.05) is 12.3 Å². The van der Waals surface area contributed by atoms with E-state index < -0.39 is 0 Å². The quantitative estimate of drug-likeness (QED) is 0.654. The Hall–Kier alpha value is -0.860. The predicted molar refractivity (Wildman–Crippen MR) is 62.0 cm³/mol. The first kappa shape index (κ1) is 13.2. The number of ketones is 1. The number of Topliss-reactive ketones (excluding diaryl/α,β-unsaturated/α-hetero) is 1. The van der Waals surface area contributed by atoms with Crippen molar-refractivity contribution < 1.29 is 14.3 Å². The standard InChI is InChI=1S/C13H22O3/c1-3-5-6-10-11(7-8-12(10)14)13(15)16-9-4-2/h10-11H,3-9H2,1-2H3. The summed E-state index contributed by atoms with van der Waals surface area (Å²) in [6.45, 7) is 4.55. The van der Waals surface area contributed by atoms with Crippen LogP contribution in [-0.2, 0) is 14.3 Å². The minimum Gasteiger partial charge on any atom is -0.465 e. The summed E-state index contributed by atoms with van der Waals surface area (Å²) >= 11 is 0. The highest BCUT2D eigenvalue weighted by Crippen LogP contribution is 2.33. The van der Waals surface area contributed by atoms with E-state index in [1.807, 2.05) is 6.92 Å². The van der Waals surface area contributed by atoms with Gasteiger partial charge >= 0.3 is 5.97 Å². The third kappa shape index (κ3) is 3.32. The van der Waals surface area contributed by atoms with E-state index in [-0.39, 0.29) is 23.6 Å². The average Bonchev–Trinajstić information content (AvgIpc) is 2.65. The molecular weight excluding hydrogens is 204 g/mol. The van der Waals surface area contributed by atoms with E-state index in [0.717, 1.165) is 25.7 Å². The molecule has 1 aliphatic rings. The van der Waals surface area contributed by atoms with Gasteiger partial charge in [-0.05, 0) is 19.3 Å². The van der Waals surface area contributed by atoms with Crippen LogP contribution in [0, 0.1) is 11.8 Å². The highest BCUT2D eigenvalue weighted by atomic mass is 16.5. The fourth-order valence-corrected chi connectivity index (χ4v) is 2.29. The van der Waals surface area contributed by atoms with Gasteiger partial charge in [0.25, 0.3) is 0 Å². The van der Waals surface area contributed by atoms with E-state index in [1.165, 1.54) is 0 Å². The maximum atomic E-state index is 11.7. The van der Waals surface area contributed by atoms with Gasteiger partial charge in [0.05, 0.1) is 12.5 Å². The van der Waals surface area contributed by atoms with Crippen molar-refractivity contribution in [2.75, 3.05) is 6.61 Å². The zero-order valence-electron chi connectivity index (χ0n) is 10.3. The van der Waals surface area contributed by atoms with Crippen LogP contribution in [0.15, 0.2) is 0 Å². The van der Waals surface area contributed by atoms with Crippen LogP contribution in [0.1, 0.15) is 52.4 Å². The molecule has 0 heterocycles. The maximum Gasteiger partial charge on any atom is 0.309 e. The van der Waals surface area contributed by atoms with Crippen molar-refractivity contribution in [2.24, 2.45) is 11.8 Å². The first-order chi connectivity index (χ1) is 7.70. The van der Waals surface area contributed by atoms with Crippen LogP contribution in [0.5, 0.6) is 0 Å². The van der Waals surface area contributed by atoms with Gasteiger partial charge in [-0.25, -0.2) is 0 Å². The second-order valence-corrected chi connectivity index (χ2v) is 4.53. The molecule has 1 aliphatic carbocycles. The monoisotopic (exact) mass is 226 g/mol. The predicted octanol–water partition coefficient (Wildman–Crippen LogP) is 2.73. The highest BCUT2D eigenvalue weighted by molar-refractivity contribution is 5.90. The summed E-state index contributed by atoms with van der Waals surface area (Å²) in [6, 6.07) is 0. The Morgan fingerprint density at radius 3 is 2.75 bits per heavy atom. The first-order valence-electron chi connectivity index (χ1n) is 6.40. The molecule has 0 spiro atoms. The number of carbonyl (C=O) groups excluding carboxylic acids is 2. The Kier molecular flexibility index (Phi) is 5.50. The zero-order valence-corrected chi connectivity index (χ0v) is 10.3. The molecule has 0 N–H and O–H groups in total.